The lowest BCUT2D eigenvalue weighted by molar-refractivity contribution is -0.115. The molecule has 4 aromatic rings. The summed E-state index contributed by atoms with van der Waals surface area (Å²) in [7, 11) is 0. The van der Waals surface area contributed by atoms with Gasteiger partial charge in [-0.05, 0) is 41.8 Å². The molecule has 0 saturated heterocycles. The molecule has 176 valence electrons. The van der Waals surface area contributed by atoms with Gasteiger partial charge in [-0.3, -0.25) is 4.79 Å². The Morgan fingerprint density at radius 3 is 2.41 bits per heavy atom. The summed E-state index contributed by atoms with van der Waals surface area (Å²) < 4.78 is 40.4. The maximum absolute atomic E-state index is 13.4. The van der Waals surface area contributed by atoms with Gasteiger partial charge in [0.1, 0.15) is 10.7 Å². The van der Waals surface area contributed by atoms with Gasteiger partial charge in [0.15, 0.2) is 11.6 Å². The number of nitrogens with one attached hydrogen (secondary N) is 2. The number of amides is 1. The van der Waals surface area contributed by atoms with E-state index in [0.29, 0.717) is 10.6 Å². The van der Waals surface area contributed by atoms with Crippen molar-refractivity contribution >= 4 is 50.6 Å². The zero-order chi connectivity index (χ0) is 24.7. The predicted molar refractivity (Wildman–Crippen MR) is 127 cm³/mol. The number of hydrogen-bond donors (Lipinski definition) is 3. The zero-order valence-corrected chi connectivity index (χ0v) is 19.0. The van der Waals surface area contributed by atoms with E-state index in [2.05, 4.69) is 10.6 Å². The first-order valence-corrected chi connectivity index (χ1v) is 11.0. The van der Waals surface area contributed by atoms with Gasteiger partial charge in [0.2, 0.25) is 5.91 Å². The molecule has 1 aromatic heterocycles. The van der Waals surface area contributed by atoms with E-state index in [1.807, 2.05) is 24.3 Å². The molecule has 0 aliphatic heterocycles. The third kappa shape index (κ3) is 6.80. The van der Waals surface area contributed by atoms with Crippen molar-refractivity contribution < 1.29 is 27.9 Å². The molecule has 1 heterocycles. The second kappa shape index (κ2) is 11.6. The number of anilines is 1. The minimum Gasteiger partial charge on any atom is -0.477 e. The molecule has 0 spiro atoms. The van der Waals surface area contributed by atoms with Crippen LogP contribution in [0.2, 0.25) is 5.02 Å². The SMILES string of the molecule is O=C(CNCc1cccc(F)c1F)Nc1ccc(F)c(Cl)c1.O=C(O)c1cc2ccccc2s1. The van der Waals surface area contributed by atoms with E-state index in [1.165, 1.54) is 35.6 Å². The summed E-state index contributed by atoms with van der Waals surface area (Å²) >= 11 is 6.90. The molecule has 0 saturated carbocycles. The fourth-order valence-electron chi connectivity index (χ4n) is 2.86. The smallest absolute Gasteiger partial charge is 0.345 e. The maximum atomic E-state index is 13.4. The van der Waals surface area contributed by atoms with E-state index < -0.39 is 29.3 Å². The van der Waals surface area contributed by atoms with Crippen LogP contribution in [0.4, 0.5) is 18.9 Å². The quantitative estimate of drug-likeness (QED) is 0.296. The molecule has 0 unspecified atom stereocenters. The van der Waals surface area contributed by atoms with E-state index in [-0.39, 0.29) is 23.7 Å². The molecular weight excluding hydrogens is 489 g/mol. The fraction of sp³-hybridized carbons (Fsp3) is 0.0833. The fourth-order valence-corrected chi connectivity index (χ4v) is 3.94. The average Bonchev–Trinajstić information content (AvgIpc) is 3.24. The molecule has 0 radical (unpaired) electrons. The van der Waals surface area contributed by atoms with Crippen molar-refractivity contribution in [3.63, 3.8) is 0 Å². The van der Waals surface area contributed by atoms with Gasteiger partial charge in [0.05, 0.1) is 11.6 Å². The first kappa shape index (κ1) is 25.2. The molecular formula is C24H18ClF3N2O3S. The largest absolute Gasteiger partial charge is 0.477 e. The molecule has 3 aromatic carbocycles. The Hall–Kier alpha value is -3.40. The second-order valence-corrected chi connectivity index (χ2v) is 8.44. The first-order chi connectivity index (χ1) is 16.2. The number of rotatable bonds is 6. The highest BCUT2D eigenvalue weighted by molar-refractivity contribution is 7.20. The Balaban J connectivity index is 0.000000226. The molecule has 0 aliphatic carbocycles. The Morgan fingerprint density at radius 2 is 1.71 bits per heavy atom. The monoisotopic (exact) mass is 506 g/mol. The lowest BCUT2D eigenvalue weighted by Gasteiger charge is -2.08. The third-order valence-corrected chi connectivity index (χ3v) is 5.87. The van der Waals surface area contributed by atoms with Crippen molar-refractivity contribution in [3.05, 3.63) is 99.6 Å². The van der Waals surface area contributed by atoms with Gasteiger partial charge in [-0.15, -0.1) is 11.3 Å². The number of halogens is 4. The molecule has 3 N–H and O–H groups in total. The van der Waals surface area contributed by atoms with E-state index in [1.54, 1.807) is 6.07 Å². The number of carbonyl (C=O) groups is 2. The minimum absolute atomic E-state index is 0.00118. The summed E-state index contributed by atoms with van der Waals surface area (Å²) in [5.74, 6) is -3.74. The molecule has 0 aliphatic rings. The van der Waals surface area contributed by atoms with Crippen molar-refractivity contribution in [2.24, 2.45) is 0 Å². The summed E-state index contributed by atoms with van der Waals surface area (Å²) in [6.45, 7) is -0.119. The van der Waals surface area contributed by atoms with E-state index in [0.717, 1.165) is 22.2 Å². The number of aromatic carboxylic acids is 1. The van der Waals surface area contributed by atoms with Gasteiger partial charge in [0, 0.05) is 22.5 Å². The molecule has 1 amide bonds. The van der Waals surface area contributed by atoms with Crippen molar-refractivity contribution in [2.45, 2.75) is 6.54 Å². The van der Waals surface area contributed by atoms with Crippen LogP contribution in [0.25, 0.3) is 10.1 Å². The normalized spacial score (nSPS) is 10.5. The molecule has 5 nitrogen and oxygen atoms in total. The van der Waals surface area contributed by atoms with Crippen LogP contribution in [0.1, 0.15) is 15.2 Å². The molecule has 0 bridgehead atoms. The number of hydrogen-bond acceptors (Lipinski definition) is 4. The Morgan fingerprint density at radius 1 is 0.941 bits per heavy atom. The maximum Gasteiger partial charge on any atom is 0.345 e. The second-order valence-electron chi connectivity index (χ2n) is 6.95. The number of carboxylic acids is 1. The van der Waals surface area contributed by atoms with Crippen LogP contribution in [-0.4, -0.2) is 23.5 Å². The lowest BCUT2D eigenvalue weighted by atomic mass is 10.2. The standard InChI is InChI=1S/C15H12ClF3N2O.C9H6O2S/c16-11-6-10(4-5-12(11)17)21-14(22)8-20-7-9-2-1-3-13(18)15(9)19;10-9(11)8-5-6-3-1-2-4-7(6)12-8/h1-6,20H,7-8H2,(H,21,22);1-5H,(H,10,11). The summed E-state index contributed by atoms with van der Waals surface area (Å²) in [4.78, 5) is 22.7. The summed E-state index contributed by atoms with van der Waals surface area (Å²) in [6.07, 6.45) is 0. The third-order valence-electron chi connectivity index (χ3n) is 4.47. The van der Waals surface area contributed by atoms with Crippen LogP contribution in [0.5, 0.6) is 0 Å². The van der Waals surface area contributed by atoms with Crippen LogP contribution in [-0.2, 0) is 11.3 Å². The van der Waals surface area contributed by atoms with Crippen molar-refractivity contribution in [1.29, 1.82) is 0 Å². The molecule has 10 heteroatoms. The van der Waals surface area contributed by atoms with Crippen molar-refractivity contribution in [2.75, 3.05) is 11.9 Å². The van der Waals surface area contributed by atoms with Crippen molar-refractivity contribution in [3.8, 4) is 0 Å². The van der Waals surface area contributed by atoms with Gasteiger partial charge in [-0.25, -0.2) is 18.0 Å². The highest BCUT2D eigenvalue weighted by atomic mass is 35.5. The predicted octanol–water partition coefficient (Wildman–Crippen LogP) is 6.09. The Bertz CT molecular complexity index is 1300. The summed E-state index contributed by atoms with van der Waals surface area (Å²) in [5, 5.41) is 14.8. The minimum atomic E-state index is -0.944. The highest BCUT2D eigenvalue weighted by Gasteiger charge is 2.09. The topological polar surface area (TPSA) is 78.4 Å². The molecule has 0 fully saturated rings. The Labute approximate surface area is 201 Å². The highest BCUT2D eigenvalue weighted by Crippen LogP contribution is 2.24. The Kier molecular flexibility index (Phi) is 8.64. The van der Waals surface area contributed by atoms with Gasteiger partial charge in [-0.1, -0.05) is 41.9 Å². The van der Waals surface area contributed by atoms with Crippen LogP contribution in [0.15, 0.2) is 66.7 Å². The lowest BCUT2D eigenvalue weighted by Crippen LogP contribution is -2.28. The van der Waals surface area contributed by atoms with Gasteiger partial charge in [-0.2, -0.15) is 0 Å². The summed E-state index contributed by atoms with van der Waals surface area (Å²) in [5.41, 5.74) is 0.466. The van der Waals surface area contributed by atoms with Gasteiger partial charge in [0.25, 0.3) is 0 Å². The van der Waals surface area contributed by atoms with E-state index >= 15 is 0 Å². The zero-order valence-electron chi connectivity index (χ0n) is 17.4. The molecule has 4 rings (SSSR count). The average molecular weight is 507 g/mol. The van der Waals surface area contributed by atoms with Crippen LogP contribution in [0, 0.1) is 17.5 Å². The van der Waals surface area contributed by atoms with Crippen LogP contribution in [0.3, 0.4) is 0 Å². The number of benzene rings is 3. The summed E-state index contributed by atoms with van der Waals surface area (Å²) in [6, 6.07) is 16.9. The van der Waals surface area contributed by atoms with Gasteiger partial charge < -0.3 is 15.7 Å². The molecule has 34 heavy (non-hydrogen) atoms. The van der Waals surface area contributed by atoms with E-state index in [4.69, 9.17) is 16.7 Å². The number of carboxylic acid groups (broad SMARTS) is 1. The molecule has 0 atom stereocenters. The first-order valence-electron chi connectivity index (χ1n) is 9.85. The number of fused-ring (bicyclic) bond motifs is 1. The number of carbonyl (C=O) groups excluding carboxylic acids is 1. The number of thiophene rings is 1. The van der Waals surface area contributed by atoms with Crippen LogP contribution < -0.4 is 10.6 Å². The van der Waals surface area contributed by atoms with Gasteiger partial charge >= 0.3 is 5.97 Å². The van der Waals surface area contributed by atoms with Crippen LogP contribution >= 0.6 is 22.9 Å². The van der Waals surface area contributed by atoms with Crippen molar-refractivity contribution in [1.82, 2.24) is 5.32 Å². The van der Waals surface area contributed by atoms with E-state index in [9.17, 15) is 22.8 Å².